The quantitative estimate of drug-likeness (QED) is 0.402. The molecule has 122 valence electrons. The number of nitrogens with one attached hydrogen (secondary N) is 1. The second kappa shape index (κ2) is 4.26. The Bertz CT molecular complexity index is 1260. The summed E-state index contributed by atoms with van der Waals surface area (Å²) in [6.45, 7) is 4.75. The number of rotatable bonds is 0. The number of hydrogen-bond donors (Lipinski definition) is 1. The maximum Gasteiger partial charge on any atom is 0.0579 e. The van der Waals surface area contributed by atoms with E-state index in [-0.39, 0.29) is 5.41 Å². The smallest absolute Gasteiger partial charge is 0.0579 e. The Morgan fingerprint density at radius 2 is 1.96 bits per heavy atom. The van der Waals surface area contributed by atoms with Crippen molar-refractivity contribution in [3.63, 3.8) is 0 Å². The van der Waals surface area contributed by atoms with Gasteiger partial charge < -0.3 is 9.55 Å². The summed E-state index contributed by atoms with van der Waals surface area (Å²) in [5, 5.41) is 4.09. The van der Waals surface area contributed by atoms with Crippen molar-refractivity contribution in [3.05, 3.63) is 65.9 Å². The Kier molecular flexibility index (Phi) is 2.31. The fourth-order valence-electron chi connectivity index (χ4n) is 5.08. The van der Waals surface area contributed by atoms with Crippen molar-refractivity contribution >= 4 is 38.4 Å². The molecule has 2 aromatic heterocycles. The molecule has 1 N–H and O–H groups in total. The van der Waals surface area contributed by atoms with Crippen molar-refractivity contribution in [1.29, 1.82) is 0 Å². The van der Waals surface area contributed by atoms with Gasteiger partial charge in [-0.3, -0.25) is 0 Å². The maximum atomic E-state index is 3.37. The average molecular weight is 324 g/mol. The zero-order valence-corrected chi connectivity index (χ0v) is 14.6. The summed E-state index contributed by atoms with van der Waals surface area (Å²) in [5.74, 6) is 0. The van der Waals surface area contributed by atoms with Crippen molar-refractivity contribution < 1.29 is 0 Å². The molecule has 0 atom stereocenters. The van der Waals surface area contributed by atoms with E-state index in [4.69, 9.17) is 0 Å². The number of H-pyrrole nitrogens is 1. The first-order chi connectivity index (χ1) is 12.2. The van der Waals surface area contributed by atoms with Crippen molar-refractivity contribution in [1.82, 2.24) is 9.55 Å². The number of fused-ring (bicyclic) bond motifs is 6. The number of aromatic nitrogens is 2. The van der Waals surface area contributed by atoms with Gasteiger partial charge in [-0.15, -0.1) is 0 Å². The summed E-state index contributed by atoms with van der Waals surface area (Å²) in [5.41, 5.74) is 8.42. The molecular weight excluding hydrogens is 304 g/mol. The van der Waals surface area contributed by atoms with Gasteiger partial charge in [0, 0.05) is 39.0 Å². The van der Waals surface area contributed by atoms with E-state index in [9.17, 15) is 0 Å². The molecular formula is C23H20N2. The van der Waals surface area contributed by atoms with E-state index in [1.165, 1.54) is 49.5 Å². The van der Waals surface area contributed by atoms with E-state index < -0.39 is 0 Å². The third kappa shape index (κ3) is 1.47. The van der Waals surface area contributed by atoms with E-state index >= 15 is 0 Å². The second-order valence-electron chi connectivity index (χ2n) is 7.86. The minimum Gasteiger partial charge on any atom is -0.361 e. The van der Waals surface area contributed by atoms with Gasteiger partial charge in [0.2, 0.25) is 0 Å². The molecule has 4 aromatic rings. The Hall–Kier alpha value is -2.74. The topological polar surface area (TPSA) is 20.7 Å². The van der Waals surface area contributed by atoms with Crippen LogP contribution < -0.4 is 0 Å². The normalized spacial score (nSPS) is 18.5. The van der Waals surface area contributed by atoms with Gasteiger partial charge in [0.15, 0.2) is 0 Å². The molecule has 0 saturated carbocycles. The van der Waals surface area contributed by atoms with E-state index in [2.05, 4.69) is 78.1 Å². The van der Waals surface area contributed by atoms with Gasteiger partial charge in [0.25, 0.3) is 0 Å². The zero-order valence-electron chi connectivity index (χ0n) is 14.6. The molecule has 0 unspecified atom stereocenters. The molecule has 1 aliphatic heterocycles. The lowest BCUT2D eigenvalue weighted by molar-refractivity contribution is 0.623. The predicted molar refractivity (Wildman–Crippen MR) is 106 cm³/mol. The van der Waals surface area contributed by atoms with Crippen molar-refractivity contribution in [3.8, 4) is 0 Å². The molecule has 2 aromatic carbocycles. The first kappa shape index (κ1) is 13.5. The van der Waals surface area contributed by atoms with Gasteiger partial charge >= 0.3 is 0 Å². The number of para-hydroxylation sites is 1. The lowest BCUT2D eigenvalue weighted by Crippen LogP contribution is -2.27. The monoisotopic (exact) mass is 324 g/mol. The first-order valence-corrected chi connectivity index (χ1v) is 9.12. The van der Waals surface area contributed by atoms with E-state index in [1.807, 2.05) is 0 Å². The van der Waals surface area contributed by atoms with Crippen LogP contribution in [0.5, 0.6) is 0 Å². The van der Waals surface area contributed by atoms with Crippen LogP contribution in [0.25, 0.3) is 38.4 Å². The van der Waals surface area contributed by atoms with Crippen LogP contribution >= 0.6 is 0 Å². The van der Waals surface area contributed by atoms with Crippen molar-refractivity contribution in [2.24, 2.45) is 0 Å². The van der Waals surface area contributed by atoms with Crippen LogP contribution in [0.2, 0.25) is 0 Å². The summed E-state index contributed by atoms with van der Waals surface area (Å²) in [6, 6.07) is 13.6. The van der Waals surface area contributed by atoms with Crippen LogP contribution in [0.1, 0.15) is 32.3 Å². The van der Waals surface area contributed by atoms with Crippen molar-refractivity contribution in [2.75, 3.05) is 0 Å². The lowest BCUT2D eigenvalue weighted by atomic mass is 9.72. The van der Waals surface area contributed by atoms with Crippen molar-refractivity contribution in [2.45, 2.75) is 32.1 Å². The molecule has 3 heterocycles. The highest BCUT2D eigenvalue weighted by molar-refractivity contribution is 6.22. The Morgan fingerprint density at radius 1 is 1.04 bits per heavy atom. The molecule has 2 nitrogen and oxygen atoms in total. The Balaban J connectivity index is 1.94. The Labute approximate surface area is 146 Å². The van der Waals surface area contributed by atoms with Gasteiger partial charge in [-0.05, 0) is 42.2 Å². The van der Waals surface area contributed by atoms with Crippen LogP contribution in [-0.2, 0) is 5.41 Å². The minimum atomic E-state index is 0.0490. The Morgan fingerprint density at radius 3 is 2.88 bits per heavy atom. The van der Waals surface area contributed by atoms with Crippen LogP contribution in [0.15, 0.2) is 60.3 Å². The maximum absolute atomic E-state index is 3.37. The highest BCUT2D eigenvalue weighted by Gasteiger charge is 2.36. The minimum absolute atomic E-state index is 0.0490. The van der Waals surface area contributed by atoms with E-state index in [0.717, 1.165) is 12.8 Å². The van der Waals surface area contributed by atoms with Crippen LogP contribution in [0.4, 0.5) is 0 Å². The van der Waals surface area contributed by atoms with Gasteiger partial charge in [0.05, 0.1) is 11.0 Å². The van der Waals surface area contributed by atoms with E-state index in [1.54, 1.807) is 0 Å². The summed E-state index contributed by atoms with van der Waals surface area (Å²) in [7, 11) is 0. The number of benzene rings is 2. The fourth-order valence-corrected chi connectivity index (χ4v) is 5.08. The molecule has 2 heteroatoms. The second-order valence-corrected chi connectivity index (χ2v) is 7.86. The molecule has 1 aliphatic carbocycles. The zero-order chi connectivity index (χ0) is 16.8. The van der Waals surface area contributed by atoms with Gasteiger partial charge in [0.1, 0.15) is 0 Å². The lowest BCUT2D eigenvalue weighted by Gasteiger charge is -2.37. The third-order valence-electron chi connectivity index (χ3n) is 6.24. The number of aromatic amines is 1. The summed E-state index contributed by atoms with van der Waals surface area (Å²) in [4.78, 5) is 3.37. The molecule has 0 bridgehead atoms. The molecule has 6 rings (SSSR count). The van der Waals surface area contributed by atoms with Gasteiger partial charge in [-0.2, -0.15) is 0 Å². The number of hydrogen-bond acceptors (Lipinski definition) is 0. The predicted octanol–water partition coefficient (Wildman–Crippen LogP) is 6.13. The number of allylic oxidation sites excluding steroid dienone is 4. The summed E-state index contributed by atoms with van der Waals surface area (Å²) >= 11 is 0. The summed E-state index contributed by atoms with van der Waals surface area (Å²) < 4.78 is 2.55. The highest BCUT2D eigenvalue weighted by Crippen LogP contribution is 2.50. The highest BCUT2D eigenvalue weighted by atomic mass is 15.0. The molecule has 0 fully saturated rings. The van der Waals surface area contributed by atoms with Crippen LogP contribution in [-0.4, -0.2) is 9.55 Å². The molecule has 2 aliphatic rings. The van der Waals surface area contributed by atoms with Crippen LogP contribution in [0.3, 0.4) is 0 Å². The molecule has 0 amide bonds. The number of nitrogens with zero attached hydrogens (tertiary/aromatic N) is 1. The van der Waals surface area contributed by atoms with Gasteiger partial charge in [-0.1, -0.05) is 44.2 Å². The average Bonchev–Trinajstić information content (AvgIpc) is 3.22. The SMILES string of the molecule is CC1(C)C2=C(CCC=C2)n2c3ccc4[nH]ccc4c3c3cccc1c32. The molecule has 0 saturated heterocycles. The summed E-state index contributed by atoms with van der Waals surface area (Å²) in [6.07, 6.45) is 9.00. The fraction of sp³-hybridized carbons (Fsp3) is 0.217. The van der Waals surface area contributed by atoms with E-state index in [0.29, 0.717) is 0 Å². The molecule has 0 radical (unpaired) electrons. The largest absolute Gasteiger partial charge is 0.361 e. The molecule has 0 spiro atoms. The van der Waals surface area contributed by atoms with Gasteiger partial charge in [-0.25, -0.2) is 0 Å². The molecule has 25 heavy (non-hydrogen) atoms. The third-order valence-corrected chi connectivity index (χ3v) is 6.24. The standard InChI is InChI=1S/C23H20N2/c1-23(2)16-7-3-4-9-19(16)25-20-11-10-18-14(12-13-24-18)21(20)15-6-5-8-17(23)22(15)25/h3,5-8,10-13,24H,4,9H2,1-2H3. The first-order valence-electron chi connectivity index (χ1n) is 9.12. The van der Waals surface area contributed by atoms with Crippen LogP contribution in [0, 0.1) is 0 Å².